The number of nitrogens with zero attached hydrogens (tertiary/aromatic N) is 3. The Morgan fingerprint density at radius 3 is 2.53 bits per heavy atom. The minimum Gasteiger partial charge on any atom is -0.369 e. The van der Waals surface area contributed by atoms with Crippen LogP contribution in [0.25, 0.3) is 10.9 Å². The molecule has 3 rings (SSSR count). The number of nitrogens with two attached hydrogens (primary N) is 2. The van der Waals surface area contributed by atoms with Gasteiger partial charge in [0.1, 0.15) is 11.6 Å². The number of carbonyl (C=O) groups excluding carboxylic acids is 2. The predicted octanol–water partition coefficient (Wildman–Crippen LogP) is 2.32. The topological polar surface area (TPSA) is 149 Å². The number of hydrogen-bond donors (Lipinski definition) is 4. The Balaban J connectivity index is 1.94. The Bertz CT molecular complexity index is 1130. The Hall–Kier alpha value is -3.82. The van der Waals surface area contributed by atoms with Crippen LogP contribution in [-0.2, 0) is 4.79 Å². The van der Waals surface area contributed by atoms with E-state index in [1.54, 1.807) is 32.9 Å². The average molecular weight is 411 g/mol. The van der Waals surface area contributed by atoms with Gasteiger partial charge in [0.15, 0.2) is 11.5 Å². The molecule has 2 heterocycles. The van der Waals surface area contributed by atoms with Crippen molar-refractivity contribution in [1.29, 1.82) is 0 Å². The monoisotopic (exact) mass is 411 g/mol. The second kappa shape index (κ2) is 7.90. The van der Waals surface area contributed by atoms with E-state index < -0.39 is 23.0 Å². The molecule has 3 aromatic rings. The fraction of sp³-hybridized carbons (Fsp3) is 0.250. The van der Waals surface area contributed by atoms with Crippen LogP contribution in [0.2, 0.25) is 0 Å². The highest BCUT2D eigenvalue weighted by molar-refractivity contribution is 5.96. The quantitative estimate of drug-likeness (QED) is 0.466. The third kappa shape index (κ3) is 4.27. The second-order valence-corrected chi connectivity index (χ2v) is 7.45. The number of halogens is 1. The van der Waals surface area contributed by atoms with Crippen molar-refractivity contribution in [3.05, 3.63) is 48.2 Å². The average Bonchev–Trinajstić information content (AvgIpc) is 2.67. The number of benzene rings is 1. The standard InChI is InChI=1S/C20H22FN7O2/c1-10(20(2,3)19(23)30)26-15-9-25-16(17(22)29)18(28-15)27-13-7-11-6-12(21)4-5-14(11)24-8-13/h4-10H,1-3H3,(H2,22,29)(H2,23,30)(H2,26,27,28). The van der Waals surface area contributed by atoms with Gasteiger partial charge >= 0.3 is 0 Å². The molecule has 0 bridgehead atoms. The van der Waals surface area contributed by atoms with E-state index in [2.05, 4.69) is 25.6 Å². The molecule has 1 atom stereocenters. The maximum Gasteiger partial charge on any atom is 0.271 e. The van der Waals surface area contributed by atoms with Crippen LogP contribution < -0.4 is 22.1 Å². The third-order valence-corrected chi connectivity index (χ3v) is 4.99. The van der Waals surface area contributed by atoms with Crippen LogP contribution in [0, 0.1) is 11.2 Å². The van der Waals surface area contributed by atoms with Crippen LogP contribution in [0.15, 0.2) is 36.7 Å². The predicted molar refractivity (Wildman–Crippen MR) is 112 cm³/mol. The number of anilines is 3. The first-order chi connectivity index (χ1) is 14.1. The molecule has 9 nitrogen and oxygen atoms in total. The number of fused-ring (bicyclic) bond motifs is 1. The first-order valence-electron chi connectivity index (χ1n) is 9.13. The largest absolute Gasteiger partial charge is 0.369 e. The van der Waals surface area contributed by atoms with Crippen molar-refractivity contribution in [3.8, 4) is 0 Å². The van der Waals surface area contributed by atoms with Gasteiger partial charge in [0.25, 0.3) is 5.91 Å². The SMILES string of the molecule is CC(Nc1cnc(C(N)=O)c(Nc2cnc3ccc(F)cc3c2)n1)C(C)(C)C(N)=O. The molecule has 10 heteroatoms. The molecule has 0 saturated carbocycles. The van der Waals surface area contributed by atoms with E-state index in [0.717, 1.165) is 0 Å². The number of amides is 2. The fourth-order valence-corrected chi connectivity index (χ4v) is 2.65. The van der Waals surface area contributed by atoms with Crippen molar-refractivity contribution in [2.45, 2.75) is 26.8 Å². The lowest BCUT2D eigenvalue weighted by Crippen LogP contribution is -2.44. The van der Waals surface area contributed by atoms with Crippen molar-refractivity contribution in [2.24, 2.45) is 16.9 Å². The molecule has 0 spiro atoms. The highest BCUT2D eigenvalue weighted by atomic mass is 19.1. The summed E-state index contributed by atoms with van der Waals surface area (Å²) in [7, 11) is 0. The zero-order valence-electron chi connectivity index (χ0n) is 16.7. The minimum absolute atomic E-state index is 0.0818. The molecule has 1 unspecified atom stereocenters. The third-order valence-electron chi connectivity index (χ3n) is 4.99. The van der Waals surface area contributed by atoms with Crippen LogP contribution >= 0.6 is 0 Å². The summed E-state index contributed by atoms with van der Waals surface area (Å²) in [5.41, 5.74) is 11.0. The molecule has 6 N–H and O–H groups in total. The Morgan fingerprint density at radius 2 is 1.87 bits per heavy atom. The number of primary amides is 2. The molecule has 0 radical (unpaired) electrons. The van der Waals surface area contributed by atoms with Gasteiger partial charge in [0.05, 0.1) is 29.0 Å². The maximum absolute atomic E-state index is 13.5. The summed E-state index contributed by atoms with van der Waals surface area (Å²) in [6.07, 6.45) is 2.86. The lowest BCUT2D eigenvalue weighted by molar-refractivity contribution is -0.126. The van der Waals surface area contributed by atoms with E-state index in [0.29, 0.717) is 22.4 Å². The zero-order valence-corrected chi connectivity index (χ0v) is 16.7. The van der Waals surface area contributed by atoms with E-state index in [1.165, 1.54) is 24.5 Å². The lowest BCUT2D eigenvalue weighted by atomic mass is 9.85. The molecule has 30 heavy (non-hydrogen) atoms. The van der Waals surface area contributed by atoms with Crippen molar-refractivity contribution in [1.82, 2.24) is 15.0 Å². The molecular weight excluding hydrogens is 389 g/mol. The summed E-state index contributed by atoms with van der Waals surface area (Å²) in [6, 6.07) is 5.52. The van der Waals surface area contributed by atoms with Gasteiger partial charge in [-0.3, -0.25) is 14.6 Å². The fourth-order valence-electron chi connectivity index (χ4n) is 2.65. The summed E-state index contributed by atoms with van der Waals surface area (Å²) in [6.45, 7) is 5.19. The first kappa shape index (κ1) is 20.9. The van der Waals surface area contributed by atoms with Crippen LogP contribution in [0.4, 0.5) is 21.7 Å². The van der Waals surface area contributed by atoms with Gasteiger partial charge in [-0.15, -0.1) is 0 Å². The van der Waals surface area contributed by atoms with Gasteiger partial charge in [-0.05, 0) is 45.0 Å². The summed E-state index contributed by atoms with van der Waals surface area (Å²) in [5.74, 6) is -1.24. The molecule has 0 aliphatic rings. The Morgan fingerprint density at radius 1 is 1.13 bits per heavy atom. The molecule has 0 fully saturated rings. The van der Waals surface area contributed by atoms with Crippen LogP contribution in [0.1, 0.15) is 31.3 Å². The molecule has 1 aromatic carbocycles. The van der Waals surface area contributed by atoms with Crippen LogP contribution in [0.5, 0.6) is 0 Å². The zero-order chi connectivity index (χ0) is 22.1. The van der Waals surface area contributed by atoms with Gasteiger partial charge in [-0.25, -0.2) is 14.4 Å². The number of aromatic nitrogens is 3. The second-order valence-electron chi connectivity index (χ2n) is 7.45. The van der Waals surface area contributed by atoms with Crippen LogP contribution in [0.3, 0.4) is 0 Å². The van der Waals surface area contributed by atoms with Gasteiger partial charge < -0.3 is 22.1 Å². The Labute approximate surface area is 172 Å². The number of rotatable bonds is 7. The van der Waals surface area contributed by atoms with E-state index in [1.807, 2.05) is 0 Å². The molecule has 0 aliphatic heterocycles. The van der Waals surface area contributed by atoms with Crippen LogP contribution in [-0.4, -0.2) is 32.8 Å². The molecule has 2 amide bonds. The number of nitrogens with one attached hydrogen (secondary N) is 2. The van der Waals surface area contributed by atoms with E-state index >= 15 is 0 Å². The molecule has 0 saturated heterocycles. The van der Waals surface area contributed by atoms with Crippen molar-refractivity contribution < 1.29 is 14.0 Å². The van der Waals surface area contributed by atoms with E-state index in [9.17, 15) is 14.0 Å². The van der Waals surface area contributed by atoms with Gasteiger partial charge in [0.2, 0.25) is 5.91 Å². The molecule has 2 aromatic heterocycles. The molecular formula is C20H22FN7O2. The maximum atomic E-state index is 13.5. The number of carbonyl (C=O) groups is 2. The van der Waals surface area contributed by atoms with Crippen molar-refractivity contribution in [2.75, 3.05) is 10.6 Å². The van der Waals surface area contributed by atoms with Gasteiger partial charge in [-0.1, -0.05) is 0 Å². The van der Waals surface area contributed by atoms with Gasteiger partial charge in [0, 0.05) is 11.4 Å². The molecule has 156 valence electrons. The number of hydrogen-bond acceptors (Lipinski definition) is 7. The first-order valence-corrected chi connectivity index (χ1v) is 9.13. The highest BCUT2D eigenvalue weighted by Gasteiger charge is 2.32. The summed E-state index contributed by atoms with van der Waals surface area (Å²) in [5, 5.41) is 6.58. The van der Waals surface area contributed by atoms with Crippen molar-refractivity contribution >= 4 is 40.0 Å². The van der Waals surface area contributed by atoms with Gasteiger partial charge in [-0.2, -0.15) is 0 Å². The number of pyridine rings is 1. The summed E-state index contributed by atoms with van der Waals surface area (Å²) >= 11 is 0. The highest BCUT2D eigenvalue weighted by Crippen LogP contribution is 2.25. The molecule has 0 aliphatic carbocycles. The summed E-state index contributed by atoms with van der Waals surface area (Å²) in [4.78, 5) is 36.1. The van der Waals surface area contributed by atoms with Crippen molar-refractivity contribution in [3.63, 3.8) is 0 Å². The summed E-state index contributed by atoms with van der Waals surface area (Å²) < 4.78 is 13.5. The van der Waals surface area contributed by atoms with E-state index in [4.69, 9.17) is 11.5 Å². The minimum atomic E-state index is -0.857. The Kier molecular flexibility index (Phi) is 5.50. The lowest BCUT2D eigenvalue weighted by Gasteiger charge is -2.29. The van der Waals surface area contributed by atoms with E-state index in [-0.39, 0.29) is 17.6 Å². The normalized spacial score (nSPS) is 12.4. The smallest absolute Gasteiger partial charge is 0.271 e.